The molecule has 0 aliphatic carbocycles. The van der Waals surface area contributed by atoms with Gasteiger partial charge in [-0.25, -0.2) is 4.79 Å². The van der Waals surface area contributed by atoms with Crippen molar-refractivity contribution in [2.45, 2.75) is 42.5 Å². The zero-order valence-electron chi connectivity index (χ0n) is 13.1. The summed E-state index contributed by atoms with van der Waals surface area (Å²) >= 11 is 1.41. The number of hydrogen-bond acceptors (Lipinski definition) is 4. The number of carboxylic acids is 1. The number of carbonyl (C=O) groups excluding carboxylic acids is 2. The van der Waals surface area contributed by atoms with Crippen molar-refractivity contribution in [3.63, 3.8) is 0 Å². The van der Waals surface area contributed by atoms with Gasteiger partial charge in [0.1, 0.15) is 17.0 Å². The number of rotatable bonds is 3. The molecule has 0 saturated carbocycles. The van der Waals surface area contributed by atoms with Gasteiger partial charge in [-0.05, 0) is 32.9 Å². The van der Waals surface area contributed by atoms with Gasteiger partial charge in [0.25, 0.3) is 11.8 Å². The van der Waals surface area contributed by atoms with Gasteiger partial charge >= 0.3 is 5.97 Å². The Morgan fingerprint density at radius 3 is 2.39 bits per heavy atom. The van der Waals surface area contributed by atoms with Crippen LogP contribution in [0.4, 0.5) is 0 Å². The second-order valence-corrected chi connectivity index (χ2v) is 8.28. The summed E-state index contributed by atoms with van der Waals surface area (Å²) in [5, 5.41) is 11.8. The van der Waals surface area contributed by atoms with Crippen molar-refractivity contribution in [1.29, 1.82) is 0 Å². The SMILES string of the molecule is CC1(C)S[C@H]2N(C(=O)C2(C)NC(=O)c2ccccc2)[C@H]1C(=O)O. The van der Waals surface area contributed by atoms with Crippen LogP contribution in [0, 0.1) is 0 Å². The molecule has 1 unspecified atom stereocenters. The number of carbonyl (C=O) groups is 3. The van der Waals surface area contributed by atoms with E-state index in [4.69, 9.17) is 0 Å². The standard InChI is InChI=1S/C16H18N2O4S/c1-15(2)10(12(20)21)18-13(22)16(3,14(18)23-15)17-11(19)9-7-5-4-6-8-9/h4-8,10,14H,1-3H3,(H,17,19)(H,20,21)/t10-,14+,16?/m0/s1. The van der Waals surface area contributed by atoms with Crippen LogP contribution in [0.2, 0.25) is 0 Å². The van der Waals surface area contributed by atoms with Crippen LogP contribution in [-0.4, -0.2) is 49.5 Å². The first-order valence-corrected chi connectivity index (χ1v) is 8.17. The molecule has 3 atom stereocenters. The summed E-state index contributed by atoms with van der Waals surface area (Å²) in [6.07, 6.45) is 0. The largest absolute Gasteiger partial charge is 0.480 e. The van der Waals surface area contributed by atoms with Gasteiger partial charge in [-0.1, -0.05) is 18.2 Å². The molecule has 1 aromatic carbocycles. The van der Waals surface area contributed by atoms with Crippen LogP contribution < -0.4 is 5.32 Å². The van der Waals surface area contributed by atoms with Gasteiger partial charge < -0.3 is 15.3 Å². The molecule has 0 spiro atoms. The van der Waals surface area contributed by atoms with E-state index >= 15 is 0 Å². The molecule has 2 amide bonds. The number of hydrogen-bond donors (Lipinski definition) is 2. The Labute approximate surface area is 138 Å². The van der Waals surface area contributed by atoms with Gasteiger partial charge in [-0.2, -0.15) is 0 Å². The molecule has 3 rings (SSSR count). The van der Waals surface area contributed by atoms with E-state index in [2.05, 4.69) is 5.32 Å². The maximum atomic E-state index is 12.6. The minimum atomic E-state index is -1.08. The summed E-state index contributed by atoms with van der Waals surface area (Å²) in [6.45, 7) is 5.27. The van der Waals surface area contributed by atoms with Crippen LogP contribution in [-0.2, 0) is 9.59 Å². The highest BCUT2D eigenvalue weighted by Crippen LogP contribution is 2.54. The van der Waals surface area contributed by atoms with Crippen molar-refractivity contribution in [2.24, 2.45) is 0 Å². The lowest BCUT2D eigenvalue weighted by Crippen LogP contribution is -2.78. The lowest BCUT2D eigenvalue weighted by molar-refractivity contribution is -0.165. The maximum Gasteiger partial charge on any atom is 0.327 e. The fourth-order valence-electron chi connectivity index (χ4n) is 3.24. The van der Waals surface area contributed by atoms with Crippen LogP contribution in [0.5, 0.6) is 0 Å². The zero-order chi connectivity index (χ0) is 17.0. The smallest absolute Gasteiger partial charge is 0.327 e. The summed E-state index contributed by atoms with van der Waals surface area (Å²) in [5.41, 5.74) is -0.615. The number of thioether (sulfide) groups is 1. The lowest BCUT2D eigenvalue weighted by Gasteiger charge is -2.51. The van der Waals surface area contributed by atoms with Crippen molar-refractivity contribution in [1.82, 2.24) is 10.2 Å². The highest BCUT2D eigenvalue weighted by molar-refractivity contribution is 8.01. The molecule has 2 fully saturated rings. The third-order valence-corrected chi connectivity index (χ3v) is 6.17. The number of carboxylic acid groups (broad SMARTS) is 1. The Bertz CT molecular complexity index is 691. The summed E-state index contributed by atoms with van der Waals surface area (Å²) in [6, 6.07) is 7.77. The maximum absolute atomic E-state index is 12.6. The van der Waals surface area contributed by atoms with E-state index in [-0.39, 0.29) is 17.2 Å². The van der Waals surface area contributed by atoms with Crippen LogP contribution in [0.15, 0.2) is 30.3 Å². The topological polar surface area (TPSA) is 86.7 Å². The van der Waals surface area contributed by atoms with Crippen molar-refractivity contribution in [2.75, 3.05) is 0 Å². The van der Waals surface area contributed by atoms with Gasteiger partial charge in [0.05, 0.1) is 0 Å². The molecule has 6 nitrogen and oxygen atoms in total. The zero-order valence-corrected chi connectivity index (χ0v) is 13.9. The number of amides is 2. The van der Waals surface area contributed by atoms with Crippen LogP contribution in [0.3, 0.4) is 0 Å². The van der Waals surface area contributed by atoms with E-state index in [0.29, 0.717) is 5.56 Å². The van der Waals surface area contributed by atoms with E-state index in [0.717, 1.165) is 0 Å². The molecule has 0 bridgehead atoms. The van der Waals surface area contributed by atoms with Gasteiger partial charge in [0, 0.05) is 10.3 Å². The number of benzene rings is 1. The van der Waals surface area contributed by atoms with Gasteiger partial charge in [0.15, 0.2) is 0 Å². The van der Waals surface area contributed by atoms with Crippen molar-refractivity contribution in [3.8, 4) is 0 Å². The Kier molecular flexibility index (Phi) is 3.44. The van der Waals surface area contributed by atoms with Gasteiger partial charge in [0.2, 0.25) is 0 Å². The normalized spacial score (nSPS) is 31.3. The molecule has 2 aliphatic rings. The van der Waals surface area contributed by atoms with Gasteiger partial charge in [-0.15, -0.1) is 11.8 Å². The molecule has 2 aliphatic heterocycles. The average molecular weight is 334 g/mol. The first-order chi connectivity index (χ1) is 10.7. The summed E-state index contributed by atoms with van der Waals surface area (Å²) in [4.78, 5) is 37.8. The molecular formula is C16H18N2O4S. The minimum Gasteiger partial charge on any atom is -0.480 e. The molecule has 2 saturated heterocycles. The number of nitrogens with zero attached hydrogens (tertiary/aromatic N) is 1. The first kappa shape index (κ1) is 15.9. The Morgan fingerprint density at radius 2 is 1.83 bits per heavy atom. The van der Waals surface area contributed by atoms with Crippen molar-refractivity contribution in [3.05, 3.63) is 35.9 Å². The third-order valence-electron chi connectivity index (χ3n) is 4.42. The lowest BCUT2D eigenvalue weighted by atomic mass is 9.86. The highest BCUT2D eigenvalue weighted by atomic mass is 32.2. The molecule has 1 aromatic rings. The molecule has 0 aromatic heterocycles. The van der Waals surface area contributed by atoms with Crippen LogP contribution in [0.25, 0.3) is 0 Å². The number of aliphatic carboxylic acids is 1. The fourth-order valence-corrected chi connectivity index (χ4v) is 4.88. The molecule has 0 radical (unpaired) electrons. The average Bonchev–Trinajstić information content (AvgIpc) is 2.77. The van der Waals surface area contributed by atoms with Crippen LogP contribution >= 0.6 is 11.8 Å². The molecule has 2 heterocycles. The molecule has 23 heavy (non-hydrogen) atoms. The monoisotopic (exact) mass is 334 g/mol. The van der Waals surface area contributed by atoms with Crippen molar-refractivity contribution >= 4 is 29.5 Å². The number of nitrogens with one attached hydrogen (secondary N) is 1. The third kappa shape index (κ3) is 2.22. The predicted octanol–water partition coefficient (Wildman–Crippen LogP) is 1.32. The fraction of sp³-hybridized carbons (Fsp3) is 0.438. The summed E-state index contributed by atoms with van der Waals surface area (Å²) < 4.78 is -0.610. The van der Waals surface area contributed by atoms with E-state index in [9.17, 15) is 19.5 Å². The second kappa shape index (κ2) is 4.99. The second-order valence-electron chi connectivity index (χ2n) is 6.55. The van der Waals surface area contributed by atoms with Crippen molar-refractivity contribution < 1.29 is 19.5 Å². The Balaban J connectivity index is 1.84. The predicted molar refractivity (Wildman–Crippen MR) is 86.0 cm³/mol. The van der Waals surface area contributed by atoms with E-state index < -0.39 is 22.3 Å². The highest BCUT2D eigenvalue weighted by Gasteiger charge is 2.70. The number of fused-ring (bicyclic) bond motifs is 1. The van der Waals surface area contributed by atoms with E-state index in [1.807, 2.05) is 19.9 Å². The Hall–Kier alpha value is -2.02. The quantitative estimate of drug-likeness (QED) is 0.814. The van der Waals surface area contributed by atoms with Crippen LogP contribution in [0.1, 0.15) is 31.1 Å². The molecule has 2 N–H and O–H groups in total. The van der Waals surface area contributed by atoms with E-state index in [1.165, 1.54) is 16.7 Å². The Morgan fingerprint density at radius 1 is 1.22 bits per heavy atom. The molecule has 7 heteroatoms. The van der Waals surface area contributed by atoms with E-state index in [1.54, 1.807) is 31.2 Å². The summed E-state index contributed by atoms with van der Waals surface area (Å²) in [5.74, 6) is -1.70. The molecular weight excluding hydrogens is 316 g/mol. The summed E-state index contributed by atoms with van der Waals surface area (Å²) in [7, 11) is 0. The first-order valence-electron chi connectivity index (χ1n) is 7.29. The minimum absolute atomic E-state index is 0.335. The number of β-lactam (4-membered cyclic amide) rings is 1. The molecule has 122 valence electrons. The van der Waals surface area contributed by atoms with Gasteiger partial charge in [-0.3, -0.25) is 9.59 Å².